The summed E-state index contributed by atoms with van der Waals surface area (Å²) < 4.78 is 0. The van der Waals surface area contributed by atoms with Gasteiger partial charge in [0.05, 0.1) is 0 Å². The van der Waals surface area contributed by atoms with Gasteiger partial charge in [-0.25, -0.2) is 0 Å². The van der Waals surface area contributed by atoms with E-state index in [4.69, 9.17) is 0 Å². The third-order valence-corrected chi connectivity index (χ3v) is 6.09. The Balaban J connectivity index is 0.00000225. The molecule has 0 aromatic carbocycles. The minimum absolute atomic E-state index is 0. The van der Waals surface area contributed by atoms with Crippen molar-refractivity contribution in [3.8, 4) is 0 Å². The van der Waals surface area contributed by atoms with Gasteiger partial charge in [-0.2, -0.15) is 0 Å². The van der Waals surface area contributed by atoms with Gasteiger partial charge < -0.3 is 15.5 Å². The highest BCUT2D eigenvalue weighted by Gasteiger charge is 2.38. The zero-order valence-electron chi connectivity index (χ0n) is 15.3. The number of nitrogens with zero attached hydrogens (tertiary/aromatic N) is 1. The van der Waals surface area contributed by atoms with E-state index in [9.17, 15) is 9.59 Å². The number of rotatable bonds is 5. The predicted octanol–water partition coefficient (Wildman–Crippen LogP) is 2.34. The number of carbonyl (C=O) groups is 2. The topological polar surface area (TPSA) is 61.4 Å². The SMILES string of the molecule is Cl.O=C(NCCC1CCCNC1)C1CCCCC1C(=O)N1CCCC1. The molecule has 3 rings (SSSR count). The molecule has 0 bridgehead atoms. The lowest BCUT2D eigenvalue weighted by molar-refractivity contribution is -0.142. The number of hydrogen-bond donors (Lipinski definition) is 2. The molecular formula is C19H34ClN3O2. The van der Waals surface area contributed by atoms with Crippen LogP contribution in [0.5, 0.6) is 0 Å². The minimum atomic E-state index is -0.101. The molecule has 2 saturated heterocycles. The van der Waals surface area contributed by atoms with Gasteiger partial charge in [0.25, 0.3) is 0 Å². The maximum absolute atomic E-state index is 12.8. The number of piperidine rings is 1. The van der Waals surface area contributed by atoms with Crippen molar-refractivity contribution in [2.75, 3.05) is 32.7 Å². The van der Waals surface area contributed by atoms with E-state index in [1.54, 1.807) is 0 Å². The fourth-order valence-electron chi connectivity index (χ4n) is 4.61. The van der Waals surface area contributed by atoms with E-state index in [1.165, 1.54) is 12.8 Å². The van der Waals surface area contributed by atoms with Crippen LogP contribution in [0.4, 0.5) is 0 Å². The molecule has 2 aliphatic heterocycles. The van der Waals surface area contributed by atoms with Crippen LogP contribution >= 0.6 is 12.4 Å². The largest absolute Gasteiger partial charge is 0.356 e. The number of amides is 2. The van der Waals surface area contributed by atoms with Crippen molar-refractivity contribution in [1.82, 2.24) is 15.5 Å². The molecule has 1 aliphatic carbocycles. The molecule has 5 nitrogen and oxygen atoms in total. The number of hydrogen-bond acceptors (Lipinski definition) is 3. The van der Waals surface area contributed by atoms with Crippen LogP contribution in [0, 0.1) is 17.8 Å². The van der Waals surface area contributed by atoms with Crippen LogP contribution in [0.2, 0.25) is 0 Å². The molecule has 3 aliphatic rings. The summed E-state index contributed by atoms with van der Waals surface area (Å²) in [5.41, 5.74) is 0. The zero-order chi connectivity index (χ0) is 16.8. The summed E-state index contributed by atoms with van der Waals surface area (Å²) in [6.07, 6.45) is 9.72. The summed E-state index contributed by atoms with van der Waals surface area (Å²) in [6, 6.07) is 0. The fourth-order valence-corrected chi connectivity index (χ4v) is 4.61. The molecule has 144 valence electrons. The second-order valence-electron chi connectivity index (χ2n) is 7.82. The molecular weight excluding hydrogens is 338 g/mol. The lowest BCUT2D eigenvalue weighted by atomic mass is 9.77. The molecule has 0 aromatic heterocycles. The Labute approximate surface area is 158 Å². The maximum atomic E-state index is 12.8. The van der Waals surface area contributed by atoms with Gasteiger partial charge in [-0.1, -0.05) is 12.8 Å². The molecule has 25 heavy (non-hydrogen) atoms. The first-order valence-corrected chi connectivity index (χ1v) is 10.0. The Hall–Kier alpha value is -0.810. The van der Waals surface area contributed by atoms with Crippen molar-refractivity contribution in [2.24, 2.45) is 17.8 Å². The molecule has 0 aromatic rings. The molecule has 2 amide bonds. The molecule has 0 radical (unpaired) electrons. The summed E-state index contributed by atoms with van der Waals surface area (Å²) in [5.74, 6) is 0.872. The monoisotopic (exact) mass is 371 g/mol. The molecule has 3 unspecified atom stereocenters. The van der Waals surface area contributed by atoms with Crippen molar-refractivity contribution in [3.05, 3.63) is 0 Å². The Morgan fingerprint density at radius 1 is 0.960 bits per heavy atom. The van der Waals surface area contributed by atoms with Gasteiger partial charge in [-0.3, -0.25) is 9.59 Å². The molecule has 1 saturated carbocycles. The summed E-state index contributed by atoms with van der Waals surface area (Å²) in [4.78, 5) is 27.4. The van der Waals surface area contributed by atoms with Gasteiger partial charge in [-0.05, 0) is 64.0 Å². The van der Waals surface area contributed by atoms with E-state index in [-0.39, 0.29) is 36.1 Å². The van der Waals surface area contributed by atoms with E-state index in [2.05, 4.69) is 10.6 Å². The van der Waals surface area contributed by atoms with Crippen LogP contribution in [0.15, 0.2) is 0 Å². The van der Waals surface area contributed by atoms with Crippen molar-refractivity contribution >= 4 is 24.2 Å². The van der Waals surface area contributed by atoms with E-state index >= 15 is 0 Å². The van der Waals surface area contributed by atoms with E-state index in [1.807, 2.05) is 4.90 Å². The van der Waals surface area contributed by atoms with Gasteiger partial charge in [-0.15, -0.1) is 12.4 Å². The Bertz CT molecular complexity index is 434. The highest BCUT2D eigenvalue weighted by atomic mass is 35.5. The van der Waals surface area contributed by atoms with Gasteiger partial charge in [0.2, 0.25) is 11.8 Å². The Morgan fingerprint density at radius 2 is 1.68 bits per heavy atom. The van der Waals surface area contributed by atoms with Crippen LogP contribution in [0.25, 0.3) is 0 Å². The number of carbonyl (C=O) groups excluding carboxylic acids is 2. The van der Waals surface area contributed by atoms with Gasteiger partial charge >= 0.3 is 0 Å². The summed E-state index contributed by atoms with van der Waals surface area (Å²) in [5, 5.41) is 6.56. The third-order valence-electron chi connectivity index (χ3n) is 6.09. The smallest absolute Gasteiger partial charge is 0.226 e. The standard InChI is InChI=1S/C19H33N3O2.ClH/c23-18(21-11-9-15-6-5-10-20-14-15)16-7-1-2-8-17(16)19(24)22-12-3-4-13-22;/h15-17,20H,1-14H2,(H,21,23);1H. The first-order chi connectivity index (χ1) is 11.8. The van der Waals surface area contributed by atoms with E-state index < -0.39 is 0 Å². The van der Waals surface area contributed by atoms with Crippen molar-refractivity contribution in [2.45, 2.75) is 57.8 Å². The average molecular weight is 372 g/mol. The first kappa shape index (κ1) is 20.5. The lowest BCUT2D eigenvalue weighted by Gasteiger charge is -2.32. The summed E-state index contributed by atoms with van der Waals surface area (Å²) in [7, 11) is 0. The molecule has 3 atom stereocenters. The zero-order valence-corrected chi connectivity index (χ0v) is 16.1. The Kier molecular flexibility index (Phi) is 8.50. The first-order valence-electron chi connectivity index (χ1n) is 10.0. The Morgan fingerprint density at radius 3 is 2.36 bits per heavy atom. The normalized spacial score (nSPS) is 29.8. The van der Waals surface area contributed by atoms with Gasteiger partial charge in [0.1, 0.15) is 0 Å². The molecule has 3 fully saturated rings. The van der Waals surface area contributed by atoms with Crippen LogP contribution in [0.3, 0.4) is 0 Å². The van der Waals surface area contributed by atoms with Gasteiger partial charge in [0.15, 0.2) is 0 Å². The quantitative estimate of drug-likeness (QED) is 0.779. The number of halogens is 1. The van der Waals surface area contributed by atoms with Crippen LogP contribution in [-0.4, -0.2) is 49.4 Å². The van der Waals surface area contributed by atoms with Gasteiger partial charge in [0, 0.05) is 31.5 Å². The highest BCUT2D eigenvalue weighted by Crippen LogP contribution is 2.32. The lowest BCUT2D eigenvalue weighted by Crippen LogP contribution is -2.45. The number of nitrogens with one attached hydrogen (secondary N) is 2. The maximum Gasteiger partial charge on any atom is 0.226 e. The average Bonchev–Trinajstić information content (AvgIpc) is 3.16. The second-order valence-corrected chi connectivity index (χ2v) is 7.82. The highest BCUT2D eigenvalue weighted by molar-refractivity contribution is 5.88. The van der Waals surface area contributed by atoms with Crippen LogP contribution in [-0.2, 0) is 9.59 Å². The molecule has 2 heterocycles. The van der Waals surface area contributed by atoms with Crippen molar-refractivity contribution < 1.29 is 9.59 Å². The van der Waals surface area contributed by atoms with Crippen molar-refractivity contribution in [3.63, 3.8) is 0 Å². The van der Waals surface area contributed by atoms with Crippen LogP contribution < -0.4 is 10.6 Å². The number of likely N-dealkylation sites (tertiary alicyclic amines) is 1. The summed E-state index contributed by atoms with van der Waals surface area (Å²) >= 11 is 0. The predicted molar refractivity (Wildman–Crippen MR) is 102 cm³/mol. The summed E-state index contributed by atoms with van der Waals surface area (Å²) in [6.45, 7) is 4.74. The van der Waals surface area contributed by atoms with Crippen LogP contribution in [0.1, 0.15) is 57.8 Å². The molecule has 0 spiro atoms. The minimum Gasteiger partial charge on any atom is -0.356 e. The molecule has 2 N–H and O–H groups in total. The van der Waals surface area contributed by atoms with E-state index in [0.717, 1.165) is 77.7 Å². The third kappa shape index (κ3) is 5.58. The van der Waals surface area contributed by atoms with E-state index in [0.29, 0.717) is 5.92 Å². The second kappa shape index (κ2) is 10.4. The van der Waals surface area contributed by atoms with Crippen molar-refractivity contribution in [1.29, 1.82) is 0 Å². The molecule has 6 heteroatoms. The fraction of sp³-hybridized carbons (Fsp3) is 0.895.